The lowest BCUT2D eigenvalue weighted by atomic mass is 9.98. The van der Waals surface area contributed by atoms with E-state index in [1.807, 2.05) is 54.6 Å². The van der Waals surface area contributed by atoms with Crippen molar-refractivity contribution in [2.75, 3.05) is 6.61 Å². The molecule has 1 amide bonds. The Labute approximate surface area is 135 Å². The van der Waals surface area contributed by atoms with Gasteiger partial charge in [-0.05, 0) is 16.7 Å². The standard InChI is InChI=1S/C19H19NO3/c21-16-10-14-8-4-5-9-15(14)17(16)20-18(22)19(12-23-19)11-13-6-2-1-3-7-13/h1-9,16-17,21H,10-12H2,(H,20,22)/t16-,17+,19+/m1/s1. The Kier molecular flexibility index (Phi) is 3.43. The Bertz CT molecular complexity index is 724. The number of nitrogens with one attached hydrogen (secondary N) is 1. The first-order valence-corrected chi connectivity index (χ1v) is 7.93. The second kappa shape index (κ2) is 5.48. The van der Waals surface area contributed by atoms with E-state index in [2.05, 4.69) is 5.32 Å². The fraction of sp³-hybridized carbons (Fsp3) is 0.316. The van der Waals surface area contributed by atoms with Gasteiger partial charge < -0.3 is 15.2 Å². The molecule has 2 N–H and O–H groups in total. The van der Waals surface area contributed by atoms with Gasteiger partial charge in [-0.3, -0.25) is 4.79 Å². The molecule has 0 aromatic heterocycles. The predicted molar refractivity (Wildman–Crippen MR) is 85.9 cm³/mol. The number of amides is 1. The molecule has 0 bridgehead atoms. The predicted octanol–water partition coefficient (Wildman–Crippen LogP) is 1.77. The number of rotatable bonds is 4. The number of carbonyl (C=O) groups is 1. The van der Waals surface area contributed by atoms with Crippen LogP contribution < -0.4 is 5.32 Å². The Balaban J connectivity index is 1.50. The number of aliphatic hydroxyl groups is 1. The highest BCUT2D eigenvalue weighted by Crippen LogP contribution is 2.35. The zero-order valence-corrected chi connectivity index (χ0v) is 12.7. The monoisotopic (exact) mass is 309 g/mol. The topological polar surface area (TPSA) is 61.9 Å². The quantitative estimate of drug-likeness (QED) is 0.846. The zero-order chi connectivity index (χ0) is 15.9. The van der Waals surface area contributed by atoms with E-state index in [-0.39, 0.29) is 11.9 Å². The van der Waals surface area contributed by atoms with Gasteiger partial charge in [0.1, 0.15) is 0 Å². The van der Waals surface area contributed by atoms with Crippen LogP contribution in [0.15, 0.2) is 54.6 Å². The SMILES string of the molecule is O=C(N[C@H]1c2ccccc2C[C@H]1O)[C@]1(Cc2ccccc2)CO1. The summed E-state index contributed by atoms with van der Waals surface area (Å²) in [5, 5.41) is 13.3. The van der Waals surface area contributed by atoms with Crippen molar-refractivity contribution < 1.29 is 14.6 Å². The second-order valence-electron chi connectivity index (χ2n) is 6.37. The van der Waals surface area contributed by atoms with Crippen molar-refractivity contribution in [2.24, 2.45) is 0 Å². The van der Waals surface area contributed by atoms with Crippen LogP contribution in [0.25, 0.3) is 0 Å². The average Bonchev–Trinajstić information content (AvgIpc) is 3.28. The fourth-order valence-electron chi connectivity index (χ4n) is 3.35. The summed E-state index contributed by atoms with van der Waals surface area (Å²) in [6.07, 6.45) is 0.557. The van der Waals surface area contributed by atoms with Crippen LogP contribution in [-0.4, -0.2) is 29.3 Å². The third-order valence-electron chi connectivity index (χ3n) is 4.73. The summed E-state index contributed by atoms with van der Waals surface area (Å²) < 4.78 is 5.50. The Morgan fingerprint density at radius 1 is 1.17 bits per heavy atom. The fourth-order valence-corrected chi connectivity index (χ4v) is 3.35. The van der Waals surface area contributed by atoms with E-state index in [1.165, 1.54) is 0 Å². The summed E-state index contributed by atoms with van der Waals surface area (Å²) in [7, 11) is 0. The molecular formula is C19H19NO3. The highest BCUT2D eigenvalue weighted by Gasteiger charge is 2.53. The maximum atomic E-state index is 12.7. The molecule has 4 heteroatoms. The van der Waals surface area contributed by atoms with Crippen molar-refractivity contribution in [3.63, 3.8) is 0 Å². The van der Waals surface area contributed by atoms with Gasteiger partial charge in [0, 0.05) is 12.8 Å². The number of hydrogen-bond acceptors (Lipinski definition) is 3. The summed E-state index contributed by atoms with van der Waals surface area (Å²) in [5.74, 6) is -0.137. The van der Waals surface area contributed by atoms with Gasteiger partial charge in [-0.25, -0.2) is 0 Å². The van der Waals surface area contributed by atoms with E-state index in [0.29, 0.717) is 19.4 Å². The summed E-state index contributed by atoms with van der Waals surface area (Å²) in [6.45, 7) is 0.429. The van der Waals surface area contributed by atoms with Crippen molar-refractivity contribution in [2.45, 2.75) is 30.6 Å². The number of ether oxygens (including phenoxy) is 1. The lowest BCUT2D eigenvalue weighted by Crippen LogP contribution is -2.43. The molecule has 0 radical (unpaired) electrons. The molecule has 118 valence electrons. The minimum atomic E-state index is -0.779. The van der Waals surface area contributed by atoms with Gasteiger partial charge in [0.25, 0.3) is 5.91 Å². The molecule has 23 heavy (non-hydrogen) atoms. The minimum Gasteiger partial charge on any atom is -0.390 e. The molecule has 1 aliphatic heterocycles. The summed E-state index contributed by atoms with van der Waals surface area (Å²) in [5.41, 5.74) is 2.40. The first-order valence-electron chi connectivity index (χ1n) is 7.93. The van der Waals surface area contributed by atoms with E-state index in [4.69, 9.17) is 4.74 Å². The third kappa shape index (κ3) is 2.64. The van der Waals surface area contributed by atoms with Crippen LogP contribution in [0, 0.1) is 0 Å². The molecule has 2 aliphatic rings. The van der Waals surface area contributed by atoms with E-state index < -0.39 is 11.7 Å². The third-order valence-corrected chi connectivity index (χ3v) is 4.73. The van der Waals surface area contributed by atoms with Gasteiger partial charge in [-0.2, -0.15) is 0 Å². The van der Waals surface area contributed by atoms with Crippen LogP contribution >= 0.6 is 0 Å². The molecular weight excluding hydrogens is 290 g/mol. The van der Waals surface area contributed by atoms with Crippen LogP contribution in [0.4, 0.5) is 0 Å². The lowest BCUT2D eigenvalue weighted by molar-refractivity contribution is -0.127. The van der Waals surface area contributed by atoms with Crippen molar-refractivity contribution in [1.82, 2.24) is 5.32 Å². The molecule has 0 unspecified atom stereocenters. The number of hydrogen-bond donors (Lipinski definition) is 2. The van der Waals surface area contributed by atoms with Gasteiger partial charge in [0.2, 0.25) is 0 Å². The molecule has 3 atom stereocenters. The normalized spacial score (nSPS) is 28.2. The maximum absolute atomic E-state index is 12.7. The number of benzene rings is 2. The van der Waals surface area contributed by atoms with Crippen LogP contribution in [0.3, 0.4) is 0 Å². The molecule has 1 saturated heterocycles. The average molecular weight is 309 g/mol. The van der Waals surface area contributed by atoms with Crippen LogP contribution in [0.1, 0.15) is 22.7 Å². The molecule has 2 aromatic carbocycles. The van der Waals surface area contributed by atoms with Crippen LogP contribution in [-0.2, 0) is 22.4 Å². The van der Waals surface area contributed by atoms with Gasteiger partial charge >= 0.3 is 0 Å². The smallest absolute Gasteiger partial charge is 0.255 e. The number of carbonyl (C=O) groups excluding carboxylic acids is 1. The van der Waals surface area contributed by atoms with Crippen LogP contribution in [0.2, 0.25) is 0 Å². The lowest BCUT2D eigenvalue weighted by Gasteiger charge is -2.21. The van der Waals surface area contributed by atoms with Crippen LogP contribution in [0.5, 0.6) is 0 Å². The van der Waals surface area contributed by atoms with Crippen molar-refractivity contribution >= 4 is 5.91 Å². The summed E-state index contributed by atoms with van der Waals surface area (Å²) in [4.78, 5) is 12.7. The molecule has 4 rings (SSSR count). The number of fused-ring (bicyclic) bond motifs is 1. The van der Waals surface area contributed by atoms with Gasteiger partial charge in [-0.1, -0.05) is 54.6 Å². The zero-order valence-electron chi connectivity index (χ0n) is 12.7. The van der Waals surface area contributed by atoms with E-state index >= 15 is 0 Å². The van der Waals surface area contributed by atoms with Gasteiger partial charge in [0.15, 0.2) is 5.60 Å². The minimum absolute atomic E-state index is 0.137. The Hall–Kier alpha value is -2.17. The van der Waals surface area contributed by atoms with Gasteiger partial charge in [0.05, 0.1) is 18.8 Å². The number of aliphatic hydroxyl groups excluding tert-OH is 1. The first kappa shape index (κ1) is 14.4. The molecule has 1 aliphatic carbocycles. The number of epoxide rings is 1. The molecule has 1 fully saturated rings. The molecule has 1 heterocycles. The highest BCUT2D eigenvalue weighted by molar-refractivity contribution is 5.88. The van der Waals surface area contributed by atoms with Crippen molar-refractivity contribution in [3.8, 4) is 0 Å². The highest BCUT2D eigenvalue weighted by atomic mass is 16.6. The maximum Gasteiger partial charge on any atom is 0.255 e. The largest absolute Gasteiger partial charge is 0.390 e. The van der Waals surface area contributed by atoms with Crippen molar-refractivity contribution in [3.05, 3.63) is 71.3 Å². The molecule has 0 spiro atoms. The first-order chi connectivity index (χ1) is 11.2. The Morgan fingerprint density at radius 3 is 2.61 bits per heavy atom. The molecule has 0 saturated carbocycles. The van der Waals surface area contributed by atoms with E-state index in [0.717, 1.165) is 16.7 Å². The van der Waals surface area contributed by atoms with E-state index in [9.17, 15) is 9.90 Å². The molecule has 4 nitrogen and oxygen atoms in total. The summed E-state index contributed by atoms with van der Waals surface area (Å²) >= 11 is 0. The Morgan fingerprint density at radius 2 is 1.87 bits per heavy atom. The van der Waals surface area contributed by atoms with Gasteiger partial charge in [-0.15, -0.1) is 0 Å². The van der Waals surface area contributed by atoms with Crippen molar-refractivity contribution in [1.29, 1.82) is 0 Å². The molecule has 2 aromatic rings. The van der Waals surface area contributed by atoms with E-state index in [1.54, 1.807) is 0 Å². The summed E-state index contributed by atoms with van der Waals surface area (Å²) in [6, 6.07) is 17.4. The second-order valence-corrected chi connectivity index (χ2v) is 6.37.